The Kier molecular flexibility index (Phi) is 3.36. The van der Waals surface area contributed by atoms with Crippen molar-refractivity contribution in [3.63, 3.8) is 0 Å². The van der Waals surface area contributed by atoms with Gasteiger partial charge in [0.15, 0.2) is 0 Å². The molecule has 0 bridgehead atoms. The normalized spacial score (nSPS) is 10.7. The van der Waals surface area contributed by atoms with Crippen molar-refractivity contribution in [3.8, 4) is 5.75 Å². The Morgan fingerprint density at radius 3 is 2.76 bits per heavy atom. The number of para-hydroxylation sites is 1. The molecular formula is C17H15NO3. The summed E-state index contributed by atoms with van der Waals surface area (Å²) >= 11 is 0. The quantitative estimate of drug-likeness (QED) is 0.797. The van der Waals surface area contributed by atoms with E-state index in [9.17, 15) is 9.90 Å². The molecule has 4 nitrogen and oxygen atoms in total. The molecule has 3 rings (SSSR count). The molecule has 0 saturated carbocycles. The molecule has 0 saturated heterocycles. The summed E-state index contributed by atoms with van der Waals surface area (Å²) in [6.45, 7) is 0.602. The third kappa shape index (κ3) is 2.48. The van der Waals surface area contributed by atoms with Crippen molar-refractivity contribution < 1.29 is 14.6 Å². The highest BCUT2D eigenvalue weighted by atomic mass is 16.5. The van der Waals surface area contributed by atoms with Gasteiger partial charge < -0.3 is 14.4 Å². The van der Waals surface area contributed by atoms with Crippen LogP contribution in [0.15, 0.2) is 54.7 Å². The van der Waals surface area contributed by atoms with Gasteiger partial charge in [0.25, 0.3) is 0 Å². The molecule has 0 spiro atoms. The molecular weight excluding hydrogens is 266 g/mol. The molecule has 0 radical (unpaired) electrons. The summed E-state index contributed by atoms with van der Waals surface area (Å²) in [4.78, 5) is 11.4. The molecule has 4 heteroatoms. The predicted octanol–water partition coefficient (Wildman–Crippen LogP) is 3.40. The van der Waals surface area contributed by atoms with Crippen LogP contribution in [-0.4, -0.2) is 22.8 Å². The molecule has 0 unspecified atom stereocenters. The van der Waals surface area contributed by atoms with Gasteiger partial charge in [0.2, 0.25) is 0 Å². The number of rotatable bonds is 4. The second-order valence-electron chi connectivity index (χ2n) is 4.84. The number of fused-ring (bicyclic) bond motifs is 1. The van der Waals surface area contributed by atoms with Gasteiger partial charge in [0.05, 0.1) is 18.2 Å². The lowest BCUT2D eigenvalue weighted by molar-refractivity contribution is 0.0698. The number of carboxylic acid groups (broad SMARTS) is 1. The second-order valence-corrected chi connectivity index (χ2v) is 4.84. The van der Waals surface area contributed by atoms with E-state index in [1.165, 1.54) is 0 Å². The van der Waals surface area contributed by atoms with Crippen LogP contribution in [0.3, 0.4) is 0 Å². The summed E-state index contributed by atoms with van der Waals surface area (Å²) in [6.07, 6.45) is 1.91. The van der Waals surface area contributed by atoms with E-state index >= 15 is 0 Å². The minimum absolute atomic E-state index is 0.320. The number of carbonyl (C=O) groups is 1. The van der Waals surface area contributed by atoms with E-state index in [0.717, 1.165) is 22.2 Å². The fourth-order valence-electron chi connectivity index (χ4n) is 2.53. The summed E-state index contributed by atoms with van der Waals surface area (Å²) < 4.78 is 7.17. The van der Waals surface area contributed by atoms with Gasteiger partial charge in [-0.15, -0.1) is 0 Å². The van der Waals surface area contributed by atoms with Crippen LogP contribution in [0, 0.1) is 0 Å². The van der Waals surface area contributed by atoms with E-state index in [4.69, 9.17) is 4.74 Å². The van der Waals surface area contributed by atoms with Crippen molar-refractivity contribution in [1.29, 1.82) is 0 Å². The lowest BCUT2D eigenvalue weighted by Gasteiger charge is -2.09. The van der Waals surface area contributed by atoms with Crippen LogP contribution in [0.1, 0.15) is 15.9 Å². The zero-order valence-corrected chi connectivity index (χ0v) is 11.6. The number of ether oxygens (including phenoxy) is 1. The molecule has 3 aromatic rings. The van der Waals surface area contributed by atoms with Gasteiger partial charge >= 0.3 is 5.97 Å². The molecule has 1 heterocycles. The summed E-state index contributed by atoms with van der Waals surface area (Å²) in [5.74, 6) is -0.117. The van der Waals surface area contributed by atoms with Crippen molar-refractivity contribution in [2.75, 3.05) is 7.11 Å². The van der Waals surface area contributed by atoms with Crippen LogP contribution < -0.4 is 4.74 Å². The Hall–Kier alpha value is -2.75. The van der Waals surface area contributed by atoms with Gasteiger partial charge in [-0.1, -0.05) is 24.3 Å². The zero-order valence-electron chi connectivity index (χ0n) is 11.6. The van der Waals surface area contributed by atoms with Gasteiger partial charge in [-0.25, -0.2) is 4.79 Å². The highest BCUT2D eigenvalue weighted by molar-refractivity contribution is 6.02. The van der Waals surface area contributed by atoms with Crippen molar-refractivity contribution >= 4 is 16.9 Å². The van der Waals surface area contributed by atoms with Crippen LogP contribution in [0.4, 0.5) is 0 Å². The minimum atomic E-state index is -0.911. The molecule has 1 N–H and O–H groups in total. The number of hydrogen-bond acceptors (Lipinski definition) is 2. The van der Waals surface area contributed by atoms with E-state index in [2.05, 4.69) is 0 Å². The van der Waals surface area contributed by atoms with Crippen LogP contribution >= 0.6 is 0 Å². The molecule has 0 aliphatic rings. The van der Waals surface area contributed by atoms with Crippen molar-refractivity contribution in [1.82, 2.24) is 4.57 Å². The second kappa shape index (κ2) is 5.32. The average molecular weight is 281 g/mol. The highest BCUT2D eigenvalue weighted by Gasteiger charge is 2.12. The number of nitrogens with zero attached hydrogens (tertiary/aromatic N) is 1. The molecule has 0 aliphatic heterocycles. The number of carboxylic acids is 1. The Balaban J connectivity index is 2.06. The zero-order chi connectivity index (χ0) is 14.8. The summed E-state index contributed by atoms with van der Waals surface area (Å²) in [6, 6.07) is 15.0. The van der Waals surface area contributed by atoms with Crippen molar-refractivity contribution in [2.45, 2.75) is 6.54 Å². The Bertz CT molecular complexity index is 805. The van der Waals surface area contributed by atoms with Crippen LogP contribution in [0.2, 0.25) is 0 Å². The Morgan fingerprint density at radius 1 is 1.19 bits per heavy atom. The molecule has 106 valence electrons. The Labute approximate surface area is 122 Å². The molecule has 0 atom stereocenters. The number of benzene rings is 2. The third-order valence-electron chi connectivity index (χ3n) is 3.51. The first-order chi connectivity index (χ1) is 10.2. The first-order valence-corrected chi connectivity index (χ1v) is 6.63. The van der Waals surface area contributed by atoms with E-state index in [1.54, 1.807) is 19.2 Å². The van der Waals surface area contributed by atoms with Crippen LogP contribution in [0.5, 0.6) is 5.75 Å². The molecule has 21 heavy (non-hydrogen) atoms. The molecule has 0 fully saturated rings. The maximum absolute atomic E-state index is 11.4. The monoisotopic (exact) mass is 281 g/mol. The SMILES string of the molecule is COc1cccc(Cn2ccc3cccc(C(=O)O)c32)c1. The van der Waals surface area contributed by atoms with Crippen LogP contribution in [0.25, 0.3) is 10.9 Å². The highest BCUT2D eigenvalue weighted by Crippen LogP contribution is 2.22. The average Bonchev–Trinajstić information content (AvgIpc) is 2.90. The summed E-state index contributed by atoms with van der Waals surface area (Å²) in [7, 11) is 1.63. The molecule has 2 aromatic carbocycles. The van der Waals surface area contributed by atoms with Gasteiger partial charge in [-0.2, -0.15) is 0 Å². The first kappa shape index (κ1) is 13.2. The first-order valence-electron chi connectivity index (χ1n) is 6.63. The molecule has 0 amide bonds. The standard InChI is InChI=1S/C17H15NO3/c1-21-14-6-2-4-12(10-14)11-18-9-8-13-5-3-7-15(16(13)18)17(19)20/h2-10H,11H2,1H3,(H,19,20). The fraction of sp³-hybridized carbons (Fsp3) is 0.118. The van der Waals surface area contributed by atoms with E-state index < -0.39 is 5.97 Å². The minimum Gasteiger partial charge on any atom is -0.497 e. The summed E-state index contributed by atoms with van der Waals surface area (Å²) in [5, 5.41) is 10.3. The molecule has 1 aromatic heterocycles. The Morgan fingerprint density at radius 2 is 2.00 bits per heavy atom. The van der Waals surface area contributed by atoms with E-state index in [-0.39, 0.29) is 0 Å². The number of hydrogen-bond donors (Lipinski definition) is 1. The lowest BCUT2D eigenvalue weighted by Crippen LogP contribution is -2.04. The maximum atomic E-state index is 11.4. The van der Waals surface area contributed by atoms with Gasteiger partial charge in [-0.05, 0) is 29.8 Å². The molecule has 0 aliphatic carbocycles. The predicted molar refractivity (Wildman–Crippen MR) is 81.0 cm³/mol. The lowest BCUT2D eigenvalue weighted by atomic mass is 10.1. The van der Waals surface area contributed by atoms with E-state index in [0.29, 0.717) is 12.1 Å². The van der Waals surface area contributed by atoms with Crippen molar-refractivity contribution in [3.05, 3.63) is 65.9 Å². The van der Waals surface area contributed by atoms with Gasteiger partial charge in [0, 0.05) is 18.1 Å². The number of methoxy groups -OCH3 is 1. The topological polar surface area (TPSA) is 51.5 Å². The summed E-state index contributed by atoms with van der Waals surface area (Å²) in [5.41, 5.74) is 2.13. The third-order valence-corrected chi connectivity index (χ3v) is 3.51. The fourth-order valence-corrected chi connectivity index (χ4v) is 2.53. The van der Waals surface area contributed by atoms with Crippen LogP contribution in [-0.2, 0) is 6.54 Å². The van der Waals surface area contributed by atoms with Gasteiger partial charge in [-0.3, -0.25) is 0 Å². The van der Waals surface area contributed by atoms with E-state index in [1.807, 2.05) is 47.2 Å². The largest absolute Gasteiger partial charge is 0.497 e. The van der Waals surface area contributed by atoms with Crippen molar-refractivity contribution in [2.24, 2.45) is 0 Å². The smallest absolute Gasteiger partial charge is 0.337 e. The maximum Gasteiger partial charge on any atom is 0.337 e. The van der Waals surface area contributed by atoms with Gasteiger partial charge in [0.1, 0.15) is 5.75 Å². The number of aromatic nitrogens is 1. The number of aromatic carboxylic acids is 1.